The molecule has 4 atom stereocenters. The first-order valence-corrected chi connectivity index (χ1v) is 8.40. The molecule has 0 saturated heterocycles. The van der Waals surface area contributed by atoms with Crippen LogP contribution >= 0.6 is 0 Å². The number of hydrogen-bond acceptors (Lipinski definition) is 4. The first-order chi connectivity index (χ1) is 11.9. The van der Waals surface area contributed by atoms with E-state index in [-0.39, 0.29) is 23.8 Å². The average molecular weight is 343 g/mol. The number of anilines is 1. The molecular formula is C19H21NO5. The molecular weight excluding hydrogens is 322 g/mol. The summed E-state index contributed by atoms with van der Waals surface area (Å²) in [5.74, 6) is -2.95. The molecule has 2 aliphatic rings. The van der Waals surface area contributed by atoms with Crippen molar-refractivity contribution in [3.8, 4) is 0 Å². The molecule has 2 aliphatic carbocycles. The minimum Gasteiger partial charge on any atom is -0.481 e. The van der Waals surface area contributed by atoms with Crippen molar-refractivity contribution < 1.29 is 24.2 Å². The van der Waals surface area contributed by atoms with Crippen LogP contribution in [0.25, 0.3) is 0 Å². The third kappa shape index (κ3) is 3.43. The molecule has 6 heteroatoms. The fourth-order valence-corrected chi connectivity index (χ4v) is 3.71. The molecule has 0 aromatic heterocycles. The average Bonchev–Trinajstić information content (AvgIpc) is 3.15. The smallest absolute Gasteiger partial charge is 0.338 e. The molecule has 0 radical (unpaired) electrons. The topological polar surface area (TPSA) is 92.7 Å². The van der Waals surface area contributed by atoms with Crippen molar-refractivity contribution in [3.63, 3.8) is 0 Å². The number of hydrogen-bond donors (Lipinski definition) is 2. The summed E-state index contributed by atoms with van der Waals surface area (Å²) >= 11 is 0. The quantitative estimate of drug-likeness (QED) is 0.633. The summed E-state index contributed by atoms with van der Waals surface area (Å²) in [6.07, 6.45) is 4.36. The van der Waals surface area contributed by atoms with Crippen LogP contribution in [0, 0.1) is 23.7 Å². The molecule has 1 amide bonds. The van der Waals surface area contributed by atoms with Gasteiger partial charge in [0.1, 0.15) is 0 Å². The zero-order valence-corrected chi connectivity index (χ0v) is 14.1. The van der Waals surface area contributed by atoms with Gasteiger partial charge in [0, 0.05) is 5.69 Å². The number of esters is 1. The fraction of sp³-hybridized carbons (Fsp3) is 0.421. The maximum atomic E-state index is 12.6. The molecule has 1 saturated carbocycles. The van der Waals surface area contributed by atoms with E-state index in [1.807, 2.05) is 12.2 Å². The molecule has 6 nitrogen and oxygen atoms in total. The number of carbonyl (C=O) groups excluding carboxylic acids is 2. The van der Waals surface area contributed by atoms with Crippen molar-refractivity contribution in [1.82, 2.24) is 0 Å². The molecule has 1 aromatic carbocycles. The number of carbonyl (C=O) groups is 3. The summed E-state index contributed by atoms with van der Waals surface area (Å²) in [4.78, 5) is 35.9. The number of fused-ring (bicyclic) bond motifs is 2. The maximum Gasteiger partial charge on any atom is 0.338 e. The molecule has 0 heterocycles. The van der Waals surface area contributed by atoms with E-state index in [0.717, 1.165) is 6.42 Å². The van der Waals surface area contributed by atoms with Gasteiger partial charge < -0.3 is 15.2 Å². The molecule has 0 spiro atoms. The first-order valence-electron chi connectivity index (χ1n) is 8.40. The summed E-state index contributed by atoms with van der Waals surface area (Å²) in [5.41, 5.74) is 0.931. The second-order valence-corrected chi connectivity index (χ2v) is 6.86. The lowest BCUT2D eigenvalue weighted by atomic mass is 9.82. The third-order valence-electron chi connectivity index (χ3n) is 4.78. The number of rotatable bonds is 5. The van der Waals surface area contributed by atoms with Crippen LogP contribution in [0.4, 0.5) is 5.69 Å². The number of carboxylic acid groups (broad SMARTS) is 1. The number of aliphatic carboxylic acids is 1. The Kier molecular flexibility index (Phi) is 4.61. The molecule has 2 bridgehead atoms. The molecule has 1 fully saturated rings. The second kappa shape index (κ2) is 6.70. The van der Waals surface area contributed by atoms with Gasteiger partial charge >= 0.3 is 11.9 Å². The molecule has 0 aliphatic heterocycles. The summed E-state index contributed by atoms with van der Waals surface area (Å²) < 4.78 is 5.11. The Morgan fingerprint density at radius 3 is 2.24 bits per heavy atom. The summed E-state index contributed by atoms with van der Waals surface area (Å²) in [6.45, 7) is 3.55. The van der Waals surface area contributed by atoms with Crippen LogP contribution in [0.5, 0.6) is 0 Å². The van der Waals surface area contributed by atoms with Crippen LogP contribution in [-0.4, -0.2) is 29.1 Å². The van der Waals surface area contributed by atoms with Crippen LogP contribution in [0.15, 0.2) is 36.4 Å². The molecule has 25 heavy (non-hydrogen) atoms. The van der Waals surface area contributed by atoms with E-state index in [9.17, 15) is 19.5 Å². The number of nitrogens with one attached hydrogen (secondary N) is 1. The molecule has 3 rings (SSSR count). The van der Waals surface area contributed by atoms with Crippen molar-refractivity contribution in [2.75, 3.05) is 5.32 Å². The van der Waals surface area contributed by atoms with Gasteiger partial charge in [-0.2, -0.15) is 0 Å². The third-order valence-corrected chi connectivity index (χ3v) is 4.78. The van der Waals surface area contributed by atoms with Crippen LogP contribution in [0.1, 0.15) is 30.6 Å². The van der Waals surface area contributed by atoms with Gasteiger partial charge in [0.05, 0.1) is 23.5 Å². The summed E-state index contributed by atoms with van der Waals surface area (Å²) in [5, 5.41) is 12.2. The Hall–Kier alpha value is -2.63. The Bertz CT molecular complexity index is 722. The van der Waals surface area contributed by atoms with Gasteiger partial charge in [-0.15, -0.1) is 0 Å². The standard InChI is InChI=1S/C19H21NO5/c1-10(2)25-19(24)11-5-7-14(8-6-11)20-17(21)15-12-3-4-13(9-12)16(15)18(22)23/h3-8,10,12-13,15-16H,9H2,1-2H3,(H,20,21)(H,22,23)/t12-,13-,15+,16+/m0/s1. The predicted octanol–water partition coefficient (Wildman–Crippen LogP) is 2.71. The minimum atomic E-state index is -0.927. The number of amides is 1. The first kappa shape index (κ1) is 17.2. The second-order valence-electron chi connectivity index (χ2n) is 6.86. The van der Waals surface area contributed by atoms with Crippen LogP contribution in [0.3, 0.4) is 0 Å². The predicted molar refractivity (Wildman–Crippen MR) is 91.0 cm³/mol. The van der Waals surface area contributed by atoms with Gasteiger partial charge in [0.15, 0.2) is 0 Å². The Labute approximate surface area is 145 Å². The highest BCUT2D eigenvalue weighted by molar-refractivity contribution is 5.97. The van der Waals surface area contributed by atoms with Gasteiger partial charge in [0.2, 0.25) is 5.91 Å². The van der Waals surface area contributed by atoms with Crippen molar-refractivity contribution in [1.29, 1.82) is 0 Å². The lowest BCUT2D eigenvalue weighted by molar-refractivity contribution is -0.146. The number of benzene rings is 1. The lowest BCUT2D eigenvalue weighted by Gasteiger charge is -2.23. The SMILES string of the molecule is CC(C)OC(=O)c1ccc(NC(=O)[C@H]2[C@H](C(=O)O)[C@H]3C=C[C@H]2C3)cc1. The van der Waals surface area contributed by atoms with Gasteiger partial charge in [-0.3, -0.25) is 9.59 Å². The van der Waals surface area contributed by atoms with Crippen molar-refractivity contribution in [3.05, 3.63) is 42.0 Å². The van der Waals surface area contributed by atoms with E-state index in [0.29, 0.717) is 11.3 Å². The number of allylic oxidation sites excluding steroid dienone is 2. The zero-order valence-electron chi connectivity index (χ0n) is 14.1. The van der Waals surface area contributed by atoms with Crippen molar-refractivity contribution in [2.45, 2.75) is 26.4 Å². The van der Waals surface area contributed by atoms with Crippen molar-refractivity contribution in [2.24, 2.45) is 23.7 Å². The van der Waals surface area contributed by atoms with E-state index in [2.05, 4.69) is 5.32 Å². The molecule has 0 unspecified atom stereocenters. The molecule has 132 valence electrons. The van der Waals surface area contributed by atoms with Gasteiger partial charge in [-0.25, -0.2) is 4.79 Å². The van der Waals surface area contributed by atoms with E-state index in [4.69, 9.17) is 4.74 Å². The lowest BCUT2D eigenvalue weighted by Crippen LogP contribution is -2.36. The van der Waals surface area contributed by atoms with Crippen LogP contribution < -0.4 is 5.32 Å². The molecule has 1 aromatic rings. The Morgan fingerprint density at radius 1 is 1.08 bits per heavy atom. The Balaban J connectivity index is 1.68. The van der Waals surface area contributed by atoms with Gasteiger partial charge in [0.25, 0.3) is 0 Å². The summed E-state index contributed by atoms with van der Waals surface area (Å²) in [6, 6.07) is 6.40. The monoisotopic (exact) mass is 343 g/mol. The van der Waals surface area contributed by atoms with E-state index >= 15 is 0 Å². The number of carboxylic acids is 1. The van der Waals surface area contributed by atoms with Crippen LogP contribution in [-0.2, 0) is 14.3 Å². The van der Waals surface area contributed by atoms with Gasteiger partial charge in [-0.05, 0) is 56.4 Å². The van der Waals surface area contributed by atoms with E-state index < -0.39 is 23.8 Å². The largest absolute Gasteiger partial charge is 0.481 e. The highest BCUT2D eigenvalue weighted by Gasteiger charge is 2.51. The Morgan fingerprint density at radius 2 is 1.68 bits per heavy atom. The van der Waals surface area contributed by atoms with Gasteiger partial charge in [-0.1, -0.05) is 12.2 Å². The number of ether oxygens (including phenoxy) is 1. The highest BCUT2D eigenvalue weighted by Crippen LogP contribution is 2.48. The van der Waals surface area contributed by atoms with Crippen LogP contribution in [0.2, 0.25) is 0 Å². The van der Waals surface area contributed by atoms with E-state index in [1.165, 1.54) is 0 Å². The minimum absolute atomic E-state index is 0.0219. The fourth-order valence-electron chi connectivity index (χ4n) is 3.71. The van der Waals surface area contributed by atoms with E-state index in [1.54, 1.807) is 38.1 Å². The zero-order chi connectivity index (χ0) is 18.1. The summed E-state index contributed by atoms with van der Waals surface area (Å²) in [7, 11) is 0. The normalized spacial score (nSPS) is 26.7. The highest BCUT2D eigenvalue weighted by atomic mass is 16.5. The van der Waals surface area contributed by atoms with Crippen molar-refractivity contribution >= 4 is 23.5 Å². The maximum absolute atomic E-state index is 12.6. The molecule has 2 N–H and O–H groups in total.